The highest BCUT2D eigenvalue weighted by Gasteiger charge is 2.21. The Kier molecular flexibility index (Phi) is 9.29. The Labute approximate surface area is 195 Å². The number of nitrogens with one attached hydrogen (secondary N) is 2. The first kappa shape index (κ1) is 23.5. The van der Waals surface area contributed by atoms with Crippen LogP contribution in [0, 0.1) is 6.92 Å². The van der Waals surface area contributed by atoms with Crippen LogP contribution in [0.2, 0.25) is 5.02 Å². The van der Waals surface area contributed by atoms with Gasteiger partial charge in [-0.25, -0.2) is 4.98 Å². The van der Waals surface area contributed by atoms with E-state index in [2.05, 4.69) is 44.6 Å². The molecule has 0 amide bonds. The molecule has 3 rings (SSSR count). The van der Waals surface area contributed by atoms with Crippen LogP contribution in [0.3, 0.4) is 0 Å². The molecule has 0 saturated carbocycles. The smallest absolute Gasteiger partial charge is 0.191 e. The first-order valence-corrected chi connectivity index (χ1v) is 9.94. The van der Waals surface area contributed by atoms with E-state index >= 15 is 0 Å². The number of ether oxygens (including phenoxy) is 1. The van der Waals surface area contributed by atoms with Gasteiger partial charge >= 0.3 is 0 Å². The second-order valence-corrected chi connectivity index (χ2v) is 7.42. The number of piperidine rings is 1. The molecule has 1 aliphatic heterocycles. The van der Waals surface area contributed by atoms with Gasteiger partial charge in [0.1, 0.15) is 11.6 Å². The van der Waals surface area contributed by atoms with Crippen molar-refractivity contribution in [3.8, 4) is 5.75 Å². The highest BCUT2D eigenvalue weighted by Crippen LogP contribution is 2.23. The minimum Gasteiger partial charge on any atom is -0.496 e. The summed E-state index contributed by atoms with van der Waals surface area (Å²) >= 11 is 6.03. The van der Waals surface area contributed by atoms with Gasteiger partial charge in [0.25, 0.3) is 0 Å². The molecule has 0 bridgehead atoms. The van der Waals surface area contributed by atoms with E-state index in [0.29, 0.717) is 17.6 Å². The van der Waals surface area contributed by atoms with Crippen molar-refractivity contribution in [1.82, 2.24) is 15.6 Å². The predicted molar refractivity (Wildman–Crippen MR) is 131 cm³/mol. The van der Waals surface area contributed by atoms with Crippen LogP contribution in [0.1, 0.15) is 24.0 Å². The standard InChI is InChI=1S/C21H28ClN5O.HI/c1-15-4-7-20(24-13-15)27-10-8-18(9-11-27)26-21(23-2)25-14-16-5-6-17(22)12-19(16)28-3;/h4-7,12-13,18H,8-11,14H2,1-3H3,(H2,23,25,26);1H. The molecule has 2 N–H and O–H groups in total. The number of pyridine rings is 1. The molecule has 1 aromatic heterocycles. The molecule has 0 spiro atoms. The topological polar surface area (TPSA) is 61.8 Å². The summed E-state index contributed by atoms with van der Waals surface area (Å²) in [7, 11) is 3.44. The third kappa shape index (κ3) is 6.64. The lowest BCUT2D eigenvalue weighted by atomic mass is 10.1. The normalized spacial score (nSPS) is 14.9. The number of hydrogen-bond donors (Lipinski definition) is 2. The van der Waals surface area contributed by atoms with Gasteiger partial charge in [0, 0.05) is 49.5 Å². The van der Waals surface area contributed by atoms with Crippen molar-refractivity contribution in [3.63, 3.8) is 0 Å². The minimum absolute atomic E-state index is 0. The Morgan fingerprint density at radius 1 is 1.28 bits per heavy atom. The molecule has 8 heteroatoms. The number of aromatic nitrogens is 1. The summed E-state index contributed by atoms with van der Waals surface area (Å²) in [6.07, 6.45) is 4.01. The van der Waals surface area contributed by atoms with Crippen LogP contribution in [-0.4, -0.2) is 44.2 Å². The van der Waals surface area contributed by atoms with Crippen molar-refractivity contribution in [2.75, 3.05) is 32.1 Å². The molecule has 1 aromatic carbocycles. The second-order valence-electron chi connectivity index (χ2n) is 6.98. The number of benzene rings is 1. The average Bonchev–Trinajstić information content (AvgIpc) is 2.72. The van der Waals surface area contributed by atoms with Gasteiger partial charge in [0.2, 0.25) is 0 Å². The number of hydrogen-bond acceptors (Lipinski definition) is 4. The average molecular weight is 530 g/mol. The Morgan fingerprint density at radius 3 is 2.66 bits per heavy atom. The summed E-state index contributed by atoms with van der Waals surface area (Å²) in [5.74, 6) is 2.62. The van der Waals surface area contributed by atoms with Gasteiger partial charge < -0.3 is 20.3 Å². The molecule has 1 fully saturated rings. The molecule has 1 aliphatic rings. The third-order valence-electron chi connectivity index (χ3n) is 4.97. The largest absolute Gasteiger partial charge is 0.496 e. The van der Waals surface area contributed by atoms with E-state index < -0.39 is 0 Å². The predicted octanol–water partition coefficient (Wildman–Crippen LogP) is 4.00. The summed E-state index contributed by atoms with van der Waals surface area (Å²) in [5.41, 5.74) is 2.22. The van der Waals surface area contributed by atoms with Crippen molar-refractivity contribution < 1.29 is 4.74 Å². The number of rotatable bonds is 5. The molecule has 2 aromatic rings. The molecule has 0 atom stereocenters. The fraction of sp³-hybridized carbons (Fsp3) is 0.429. The second kappa shape index (κ2) is 11.4. The lowest BCUT2D eigenvalue weighted by Gasteiger charge is -2.33. The molecule has 2 heterocycles. The van der Waals surface area contributed by atoms with E-state index in [9.17, 15) is 0 Å². The highest BCUT2D eigenvalue weighted by molar-refractivity contribution is 14.0. The van der Waals surface area contributed by atoms with Crippen molar-refractivity contribution in [2.45, 2.75) is 32.4 Å². The molecular formula is C21H29ClIN5O. The molecule has 0 aliphatic carbocycles. The van der Waals surface area contributed by atoms with E-state index in [0.717, 1.165) is 49.0 Å². The molecule has 0 unspecified atom stereocenters. The zero-order valence-corrected chi connectivity index (χ0v) is 20.2. The number of anilines is 1. The van der Waals surface area contributed by atoms with Gasteiger partial charge in [0.15, 0.2) is 5.96 Å². The Morgan fingerprint density at radius 2 is 2.03 bits per heavy atom. The van der Waals surface area contributed by atoms with Crippen LogP contribution in [0.25, 0.3) is 0 Å². The lowest BCUT2D eigenvalue weighted by Crippen LogP contribution is -2.48. The Bertz CT molecular complexity index is 807. The van der Waals surface area contributed by atoms with E-state index in [1.54, 1.807) is 14.2 Å². The summed E-state index contributed by atoms with van der Waals surface area (Å²) in [4.78, 5) is 11.2. The summed E-state index contributed by atoms with van der Waals surface area (Å²) in [6.45, 7) is 4.64. The van der Waals surface area contributed by atoms with Gasteiger partial charge in [0.05, 0.1) is 7.11 Å². The monoisotopic (exact) mass is 529 g/mol. The minimum atomic E-state index is 0. The van der Waals surface area contributed by atoms with Crippen LogP contribution < -0.4 is 20.3 Å². The Hall–Kier alpha value is -1.74. The van der Waals surface area contributed by atoms with Crippen molar-refractivity contribution >= 4 is 47.4 Å². The van der Waals surface area contributed by atoms with Crippen LogP contribution in [0.15, 0.2) is 41.5 Å². The fourth-order valence-corrected chi connectivity index (χ4v) is 3.49. The van der Waals surface area contributed by atoms with E-state index in [-0.39, 0.29) is 24.0 Å². The number of aliphatic imine (C=N–C) groups is 1. The van der Waals surface area contributed by atoms with Gasteiger partial charge in [-0.1, -0.05) is 23.7 Å². The lowest BCUT2D eigenvalue weighted by molar-refractivity contribution is 0.409. The number of nitrogens with zero attached hydrogens (tertiary/aromatic N) is 3. The number of guanidine groups is 1. The molecular weight excluding hydrogens is 501 g/mol. The molecule has 6 nitrogen and oxygen atoms in total. The van der Waals surface area contributed by atoms with E-state index in [1.165, 1.54) is 5.56 Å². The molecule has 29 heavy (non-hydrogen) atoms. The fourth-order valence-electron chi connectivity index (χ4n) is 3.33. The quantitative estimate of drug-likeness (QED) is 0.348. The first-order valence-electron chi connectivity index (χ1n) is 9.56. The molecule has 158 valence electrons. The van der Waals surface area contributed by atoms with Gasteiger partial charge in [-0.15, -0.1) is 24.0 Å². The third-order valence-corrected chi connectivity index (χ3v) is 5.21. The maximum atomic E-state index is 6.03. The zero-order valence-electron chi connectivity index (χ0n) is 17.1. The number of halogens is 2. The van der Waals surface area contributed by atoms with E-state index in [1.807, 2.05) is 24.4 Å². The molecule has 0 radical (unpaired) electrons. The van der Waals surface area contributed by atoms with Gasteiger partial charge in [-0.3, -0.25) is 4.99 Å². The number of methoxy groups -OCH3 is 1. The number of aryl methyl sites for hydroxylation is 1. The maximum absolute atomic E-state index is 6.03. The summed E-state index contributed by atoms with van der Waals surface area (Å²) in [5, 5.41) is 7.56. The van der Waals surface area contributed by atoms with Crippen LogP contribution in [0.4, 0.5) is 5.82 Å². The van der Waals surface area contributed by atoms with Crippen molar-refractivity contribution in [1.29, 1.82) is 0 Å². The van der Waals surface area contributed by atoms with Crippen LogP contribution in [-0.2, 0) is 6.54 Å². The van der Waals surface area contributed by atoms with E-state index in [4.69, 9.17) is 16.3 Å². The maximum Gasteiger partial charge on any atom is 0.191 e. The van der Waals surface area contributed by atoms with Crippen LogP contribution >= 0.6 is 35.6 Å². The summed E-state index contributed by atoms with van der Waals surface area (Å²) < 4.78 is 5.41. The summed E-state index contributed by atoms with van der Waals surface area (Å²) in [6, 6.07) is 10.3. The van der Waals surface area contributed by atoms with Crippen LogP contribution in [0.5, 0.6) is 5.75 Å². The van der Waals surface area contributed by atoms with Gasteiger partial charge in [-0.05, 0) is 43.5 Å². The Balaban J connectivity index is 0.00000300. The zero-order chi connectivity index (χ0) is 19.9. The van der Waals surface area contributed by atoms with Gasteiger partial charge in [-0.2, -0.15) is 0 Å². The van der Waals surface area contributed by atoms with Crippen molar-refractivity contribution in [2.24, 2.45) is 4.99 Å². The molecule has 1 saturated heterocycles. The first-order chi connectivity index (χ1) is 13.6. The van der Waals surface area contributed by atoms with Crippen molar-refractivity contribution in [3.05, 3.63) is 52.7 Å². The highest BCUT2D eigenvalue weighted by atomic mass is 127. The SMILES string of the molecule is CN=C(NCc1ccc(Cl)cc1OC)NC1CCN(c2ccc(C)cn2)CC1.I.